The molecular weight excluding hydrogens is 256 g/mol. The maximum Gasteiger partial charge on any atom is 0.0915 e. The van der Waals surface area contributed by atoms with E-state index >= 15 is 0 Å². The van der Waals surface area contributed by atoms with Gasteiger partial charge in [0.1, 0.15) is 0 Å². The van der Waals surface area contributed by atoms with Gasteiger partial charge in [-0.1, -0.05) is 31.5 Å². The highest BCUT2D eigenvalue weighted by molar-refractivity contribution is 6.35. The average Bonchev–Trinajstić information content (AvgIpc) is 2.41. The second-order valence-corrected chi connectivity index (χ2v) is 5.33. The van der Waals surface area contributed by atoms with Crippen molar-refractivity contribution in [2.45, 2.75) is 40.5 Å². The van der Waals surface area contributed by atoms with Gasteiger partial charge < -0.3 is 5.32 Å². The first-order valence-corrected chi connectivity index (χ1v) is 7.30. The number of benzene rings is 1. The molecule has 1 aromatic heterocycles. The quantitative estimate of drug-likeness (QED) is 0.860. The van der Waals surface area contributed by atoms with Crippen molar-refractivity contribution in [3.8, 4) is 0 Å². The number of hydrogen-bond acceptors (Lipinski definition) is 2. The number of nitrogens with one attached hydrogen (secondary N) is 1. The summed E-state index contributed by atoms with van der Waals surface area (Å²) in [6.45, 7) is 9.53. The third-order valence-electron chi connectivity index (χ3n) is 3.53. The van der Waals surface area contributed by atoms with Crippen LogP contribution in [0.2, 0.25) is 5.02 Å². The number of aromatic nitrogens is 1. The summed E-state index contributed by atoms with van der Waals surface area (Å²) < 4.78 is 0. The molecule has 1 heterocycles. The summed E-state index contributed by atoms with van der Waals surface area (Å²) in [5, 5.41) is 5.44. The van der Waals surface area contributed by atoms with Crippen molar-refractivity contribution in [1.29, 1.82) is 0 Å². The molecule has 0 saturated heterocycles. The van der Waals surface area contributed by atoms with Crippen molar-refractivity contribution in [1.82, 2.24) is 4.98 Å². The van der Waals surface area contributed by atoms with E-state index in [1.807, 2.05) is 6.07 Å². The van der Waals surface area contributed by atoms with Gasteiger partial charge in [-0.2, -0.15) is 0 Å². The zero-order valence-corrected chi connectivity index (χ0v) is 12.9. The summed E-state index contributed by atoms with van der Waals surface area (Å²) >= 11 is 6.33. The van der Waals surface area contributed by atoms with E-state index in [9.17, 15) is 0 Å². The fraction of sp³-hybridized carbons (Fsp3) is 0.438. The molecule has 0 unspecified atom stereocenters. The summed E-state index contributed by atoms with van der Waals surface area (Å²) in [5.74, 6) is 0. The van der Waals surface area contributed by atoms with Crippen LogP contribution >= 0.6 is 11.6 Å². The first-order chi connectivity index (χ1) is 9.10. The van der Waals surface area contributed by atoms with Gasteiger partial charge in [0.15, 0.2) is 0 Å². The van der Waals surface area contributed by atoms with Gasteiger partial charge in [0.25, 0.3) is 0 Å². The van der Waals surface area contributed by atoms with E-state index in [0.717, 1.165) is 41.0 Å². The molecule has 0 radical (unpaired) electrons. The third-order valence-corrected chi connectivity index (χ3v) is 3.83. The van der Waals surface area contributed by atoms with Gasteiger partial charge >= 0.3 is 0 Å². The van der Waals surface area contributed by atoms with Crippen LogP contribution in [0.25, 0.3) is 10.9 Å². The van der Waals surface area contributed by atoms with Gasteiger partial charge in [0.2, 0.25) is 0 Å². The van der Waals surface area contributed by atoms with Gasteiger partial charge in [0.05, 0.1) is 10.5 Å². The Bertz CT molecular complexity index is 605. The minimum atomic E-state index is 0.731. The lowest BCUT2D eigenvalue weighted by Crippen LogP contribution is -2.06. The second kappa shape index (κ2) is 5.79. The van der Waals surface area contributed by atoms with Gasteiger partial charge in [-0.25, -0.2) is 0 Å². The smallest absolute Gasteiger partial charge is 0.0915 e. The average molecular weight is 277 g/mol. The molecule has 0 spiro atoms. The first kappa shape index (κ1) is 14.1. The number of fused-ring (bicyclic) bond motifs is 1. The van der Waals surface area contributed by atoms with Crippen LogP contribution in [0.4, 0.5) is 5.69 Å². The lowest BCUT2D eigenvalue weighted by atomic mass is 10.0. The molecular formula is C16H21ClN2. The highest BCUT2D eigenvalue weighted by Crippen LogP contribution is 2.34. The van der Waals surface area contributed by atoms with Gasteiger partial charge in [-0.15, -0.1) is 0 Å². The topological polar surface area (TPSA) is 24.9 Å². The Morgan fingerprint density at radius 2 is 1.95 bits per heavy atom. The molecule has 1 aromatic carbocycles. The molecule has 0 aliphatic rings. The van der Waals surface area contributed by atoms with E-state index in [0.29, 0.717) is 0 Å². The standard InChI is InChI=1S/C16H21ClN2/c1-5-9-18-15-11(4)13(6-2)19-16-12(17)8-7-10(3)14(15)16/h7-8H,5-6,9H2,1-4H3,(H,18,19). The Balaban J connectivity index is 2.79. The van der Waals surface area contributed by atoms with Crippen LogP contribution in [-0.2, 0) is 6.42 Å². The van der Waals surface area contributed by atoms with E-state index < -0.39 is 0 Å². The Hall–Kier alpha value is -1.28. The molecule has 3 heteroatoms. The van der Waals surface area contributed by atoms with Crippen molar-refractivity contribution < 1.29 is 0 Å². The Kier molecular flexibility index (Phi) is 4.31. The Labute approximate surface area is 120 Å². The molecule has 2 nitrogen and oxygen atoms in total. The van der Waals surface area contributed by atoms with Crippen LogP contribution in [0.1, 0.15) is 37.1 Å². The van der Waals surface area contributed by atoms with Crippen molar-refractivity contribution >= 4 is 28.2 Å². The molecule has 0 amide bonds. The van der Waals surface area contributed by atoms with Crippen LogP contribution in [0, 0.1) is 13.8 Å². The fourth-order valence-electron chi connectivity index (χ4n) is 2.46. The number of anilines is 1. The minimum Gasteiger partial charge on any atom is -0.384 e. The summed E-state index contributed by atoms with van der Waals surface area (Å²) in [7, 11) is 0. The number of nitrogens with zero attached hydrogens (tertiary/aromatic N) is 1. The maximum atomic E-state index is 6.33. The maximum absolute atomic E-state index is 6.33. The highest BCUT2D eigenvalue weighted by Gasteiger charge is 2.14. The fourth-order valence-corrected chi connectivity index (χ4v) is 2.66. The van der Waals surface area contributed by atoms with Crippen molar-refractivity contribution in [3.63, 3.8) is 0 Å². The Morgan fingerprint density at radius 3 is 2.58 bits per heavy atom. The summed E-state index contributed by atoms with van der Waals surface area (Å²) in [5.41, 5.74) is 5.70. The monoisotopic (exact) mass is 276 g/mol. The van der Waals surface area contributed by atoms with E-state index in [2.05, 4.69) is 39.1 Å². The third kappa shape index (κ3) is 2.55. The van der Waals surface area contributed by atoms with E-state index in [-0.39, 0.29) is 0 Å². The number of pyridine rings is 1. The van der Waals surface area contributed by atoms with Crippen LogP contribution < -0.4 is 5.32 Å². The van der Waals surface area contributed by atoms with Gasteiger partial charge in [0, 0.05) is 23.3 Å². The molecule has 0 bridgehead atoms. The number of aryl methyl sites for hydroxylation is 2. The highest BCUT2D eigenvalue weighted by atomic mass is 35.5. The van der Waals surface area contributed by atoms with Crippen LogP contribution in [-0.4, -0.2) is 11.5 Å². The SMILES string of the molecule is CCCNc1c(C)c(CC)nc2c(Cl)ccc(C)c12. The molecule has 19 heavy (non-hydrogen) atoms. The molecule has 2 aromatic rings. The predicted octanol–water partition coefficient (Wildman–Crippen LogP) is 4.89. The van der Waals surface area contributed by atoms with Crippen molar-refractivity contribution in [3.05, 3.63) is 34.0 Å². The molecule has 2 rings (SSSR count). The Morgan fingerprint density at radius 1 is 1.21 bits per heavy atom. The van der Waals surface area contributed by atoms with Crippen molar-refractivity contribution in [2.75, 3.05) is 11.9 Å². The van der Waals surface area contributed by atoms with Gasteiger partial charge in [-0.3, -0.25) is 4.98 Å². The molecule has 102 valence electrons. The van der Waals surface area contributed by atoms with E-state index in [1.165, 1.54) is 16.8 Å². The largest absolute Gasteiger partial charge is 0.384 e. The molecule has 0 saturated carbocycles. The summed E-state index contributed by atoms with van der Waals surface area (Å²) in [6.07, 6.45) is 2.02. The lowest BCUT2D eigenvalue weighted by molar-refractivity contribution is 0.970. The first-order valence-electron chi connectivity index (χ1n) is 6.92. The molecule has 0 fully saturated rings. The van der Waals surface area contributed by atoms with Crippen molar-refractivity contribution in [2.24, 2.45) is 0 Å². The molecule has 0 atom stereocenters. The van der Waals surface area contributed by atoms with Crippen LogP contribution in [0.5, 0.6) is 0 Å². The van der Waals surface area contributed by atoms with Gasteiger partial charge in [-0.05, 0) is 43.9 Å². The normalized spacial score (nSPS) is 11.0. The van der Waals surface area contributed by atoms with Crippen LogP contribution in [0.3, 0.4) is 0 Å². The summed E-state index contributed by atoms with van der Waals surface area (Å²) in [4.78, 5) is 4.75. The zero-order valence-electron chi connectivity index (χ0n) is 12.1. The second-order valence-electron chi connectivity index (χ2n) is 4.93. The number of rotatable bonds is 4. The van der Waals surface area contributed by atoms with E-state index in [4.69, 9.17) is 16.6 Å². The van der Waals surface area contributed by atoms with Crippen LogP contribution in [0.15, 0.2) is 12.1 Å². The lowest BCUT2D eigenvalue weighted by Gasteiger charge is -2.17. The molecule has 1 N–H and O–H groups in total. The van der Waals surface area contributed by atoms with E-state index in [1.54, 1.807) is 0 Å². The molecule has 0 aliphatic heterocycles. The number of hydrogen-bond donors (Lipinski definition) is 1. The number of halogens is 1. The minimum absolute atomic E-state index is 0.731. The predicted molar refractivity (Wildman–Crippen MR) is 84.4 cm³/mol. The zero-order chi connectivity index (χ0) is 14.0. The summed E-state index contributed by atoms with van der Waals surface area (Å²) in [6, 6.07) is 4.00. The molecule has 0 aliphatic carbocycles.